The van der Waals surface area contributed by atoms with Crippen LogP contribution in [0.4, 0.5) is 5.82 Å². The summed E-state index contributed by atoms with van der Waals surface area (Å²) in [6.45, 7) is 4.01. The predicted molar refractivity (Wildman–Crippen MR) is 45.4 cm³/mol. The van der Waals surface area contributed by atoms with Crippen LogP contribution in [0.25, 0.3) is 0 Å². The van der Waals surface area contributed by atoms with Crippen molar-refractivity contribution in [2.45, 2.75) is 6.54 Å². The minimum absolute atomic E-state index is 0.0862. The average Bonchev–Trinajstić information content (AvgIpc) is 2.29. The minimum Gasteiger partial charge on any atom is -0.505 e. The molecule has 0 unspecified atom stereocenters. The van der Waals surface area contributed by atoms with Gasteiger partial charge in [-0.15, -0.1) is 6.58 Å². The van der Waals surface area contributed by atoms with Crippen molar-refractivity contribution in [3.8, 4) is 11.8 Å². The van der Waals surface area contributed by atoms with Crippen molar-refractivity contribution in [1.82, 2.24) is 4.57 Å². The Balaban J connectivity index is 3.19. The van der Waals surface area contributed by atoms with E-state index in [1.165, 1.54) is 6.20 Å². The van der Waals surface area contributed by atoms with Gasteiger partial charge in [-0.05, 0) is 0 Å². The number of nitriles is 1. The molecule has 0 bridgehead atoms. The number of hydrogen-bond donors (Lipinski definition) is 2. The van der Waals surface area contributed by atoms with Crippen LogP contribution >= 0.6 is 0 Å². The van der Waals surface area contributed by atoms with E-state index >= 15 is 0 Å². The minimum atomic E-state index is -0.0862. The second-order valence-corrected chi connectivity index (χ2v) is 2.33. The van der Waals surface area contributed by atoms with Gasteiger partial charge in [0.05, 0.1) is 0 Å². The zero-order valence-corrected chi connectivity index (χ0v) is 6.49. The zero-order chi connectivity index (χ0) is 9.14. The van der Waals surface area contributed by atoms with E-state index < -0.39 is 0 Å². The van der Waals surface area contributed by atoms with Crippen LogP contribution in [-0.4, -0.2) is 9.67 Å². The molecular formula is C8H9N3O. The van der Waals surface area contributed by atoms with Crippen LogP contribution < -0.4 is 5.73 Å². The highest BCUT2D eigenvalue weighted by atomic mass is 16.3. The number of anilines is 1. The fraction of sp³-hybridized carbons (Fsp3) is 0.125. The maximum atomic E-state index is 9.18. The molecule has 0 spiro atoms. The lowest BCUT2D eigenvalue weighted by Gasteiger charge is -1.98. The molecule has 0 radical (unpaired) electrons. The first-order valence-electron chi connectivity index (χ1n) is 3.39. The highest BCUT2D eigenvalue weighted by molar-refractivity contribution is 5.58. The first kappa shape index (κ1) is 8.21. The van der Waals surface area contributed by atoms with Crippen molar-refractivity contribution in [2.24, 2.45) is 0 Å². The molecule has 4 nitrogen and oxygen atoms in total. The molecule has 0 saturated carbocycles. The van der Waals surface area contributed by atoms with Gasteiger partial charge in [-0.25, -0.2) is 0 Å². The second kappa shape index (κ2) is 3.01. The number of nitrogens with two attached hydrogens (primary N) is 1. The quantitative estimate of drug-likeness (QED) is 0.634. The smallest absolute Gasteiger partial charge is 0.153 e. The van der Waals surface area contributed by atoms with E-state index in [1.54, 1.807) is 10.6 Å². The molecule has 4 heteroatoms. The molecule has 1 aromatic rings. The lowest BCUT2D eigenvalue weighted by Crippen LogP contribution is -2.00. The molecule has 0 aliphatic carbocycles. The Bertz CT molecular complexity index is 346. The first-order chi connectivity index (χ1) is 5.70. The maximum Gasteiger partial charge on any atom is 0.153 e. The van der Waals surface area contributed by atoms with Gasteiger partial charge in [0.1, 0.15) is 17.5 Å². The third kappa shape index (κ3) is 1.12. The van der Waals surface area contributed by atoms with Crippen molar-refractivity contribution in [2.75, 3.05) is 5.73 Å². The molecule has 1 rings (SSSR count). The third-order valence-electron chi connectivity index (χ3n) is 1.54. The Morgan fingerprint density at radius 3 is 2.92 bits per heavy atom. The Kier molecular flexibility index (Phi) is 2.06. The number of allylic oxidation sites excluding steroid dienone is 1. The summed E-state index contributed by atoms with van der Waals surface area (Å²) in [6, 6.07) is 1.81. The maximum absolute atomic E-state index is 9.18. The zero-order valence-electron chi connectivity index (χ0n) is 6.49. The van der Waals surface area contributed by atoms with Crippen LogP contribution in [0.1, 0.15) is 5.56 Å². The topological polar surface area (TPSA) is 75.0 Å². The summed E-state index contributed by atoms with van der Waals surface area (Å²) >= 11 is 0. The van der Waals surface area contributed by atoms with Gasteiger partial charge in [-0.1, -0.05) is 6.08 Å². The van der Waals surface area contributed by atoms with E-state index in [-0.39, 0.29) is 17.1 Å². The van der Waals surface area contributed by atoms with Gasteiger partial charge in [0, 0.05) is 12.7 Å². The Hall–Kier alpha value is -1.89. The van der Waals surface area contributed by atoms with Crippen LogP contribution in [-0.2, 0) is 6.54 Å². The molecule has 3 N–H and O–H groups in total. The molecule has 1 aromatic heterocycles. The normalized spacial score (nSPS) is 9.25. The number of aromatic nitrogens is 1. The number of aromatic hydroxyl groups is 1. The van der Waals surface area contributed by atoms with E-state index in [1.807, 2.05) is 6.07 Å². The number of nitrogens with zero attached hydrogens (tertiary/aromatic N) is 2. The molecule has 0 aromatic carbocycles. The lowest BCUT2D eigenvalue weighted by atomic mass is 10.3. The number of nitrogen functional groups attached to an aromatic ring is 1. The Labute approximate surface area is 70.1 Å². The Morgan fingerprint density at radius 2 is 2.50 bits per heavy atom. The fourth-order valence-electron chi connectivity index (χ4n) is 0.961. The monoisotopic (exact) mass is 163 g/mol. The summed E-state index contributed by atoms with van der Waals surface area (Å²) in [6.07, 6.45) is 3.05. The first-order valence-corrected chi connectivity index (χ1v) is 3.39. The van der Waals surface area contributed by atoms with Gasteiger partial charge in [-0.2, -0.15) is 5.26 Å². The molecular weight excluding hydrogens is 154 g/mol. The van der Waals surface area contributed by atoms with Crippen LogP contribution in [0.2, 0.25) is 0 Å². The van der Waals surface area contributed by atoms with Crippen LogP contribution in [0.15, 0.2) is 18.9 Å². The van der Waals surface area contributed by atoms with Gasteiger partial charge in [0.25, 0.3) is 0 Å². The van der Waals surface area contributed by atoms with E-state index in [0.717, 1.165) is 0 Å². The van der Waals surface area contributed by atoms with E-state index in [9.17, 15) is 5.11 Å². The number of hydrogen-bond acceptors (Lipinski definition) is 3. The molecule has 0 aliphatic heterocycles. The van der Waals surface area contributed by atoms with E-state index in [4.69, 9.17) is 11.0 Å². The summed E-state index contributed by atoms with van der Waals surface area (Å²) in [7, 11) is 0. The van der Waals surface area contributed by atoms with Crippen molar-refractivity contribution in [3.05, 3.63) is 24.4 Å². The van der Waals surface area contributed by atoms with E-state index in [0.29, 0.717) is 6.54 Å². The van der Waals surface area contributed by atoms with Crippen LogP contribution in [0.5, 0.6) is 5.75 Å². The highest BCUT2D eigenvalue weighted by Gasteiger charge is 2.10. The van der Waals surface area contributed by atoms with Crippen LogP contribution in [0.3, 0.4) is 0 Å². The standard InChI is InChI=1S/C8H9N3O/c1-2-3-11-5-7(12)6(4-9)8(11)10/h2,5,12H,1,3,10H2. The van der Waals surface area contributed by atoms with Crippen molar-refractivity contribution >= 4 is 5.82 Å². The lowest BCUT2D eigenvalue weighted by molar-refractivity contribution is 0.472. The van der Waals surface area contributed by atoms with Crippen molar-refractivity contribution in [1.29, 1.82) is 5.26 Å². The fourth-order valence-corrected chi connectivity index (χ4v) is 0.961. The largest absolute Gasteiger partial charge is 0.505 e. The number of rotatable bonds is 2. The Morgan fingerprint density at radius 1 is 1.83 bits per heavy atom. The molecule has 0 fully saturated rings. The van der Waals surface area contributed by atoms with Crippen LogP contribution in [0, 0.1) is 11.3 Å². The SMILES string of the molecule is C=CCn1cc(O)c(C#N)c1N. The summed E-state index contributed by atoms with van der Waals surface area (Å²) in [4.78, 5) is 0. The van der Waals surface area contributed by atoms with E-state index in [2.05, 4.69) is 6.58 Å². The molecule has 0 amide bonds. The molecule has 0 saturated heterocycles. The summed E-state index contributed by atoms with van der Waals surface area (Å²) < 4.78 is 1.56. The second-order valence-electron chi connectivity index (χ2n) is 2.33. The predicted octanol–water partition coefficient (Wildman–Crippen LogP) is 0.834. The third-order valence-corrected chi connectivity index (χ3v) is 1.54. The molecule has 0 aliphatic rings. The molecule has 0 atom stereocenters. The average molecular weight is 163 g/mol. The van der Waals surface area contributed by atoms with Crippen molar-refractivity contribution < 1.29 is 5.11 Å². The van der Waals surface area contributed by atoms with Gasteiger partial charge in [0.15, 0.2) is 5.75 Å². The molecule has 1 heterocycles. The van der Waals surface area contributed by atoms with Crippen molar-refractivity contribution in [3.63, 3.8) is 0 Å². The summed E-state index contributed by atoms with van der Waals surface area (Å²) in [5.74, 6) is 0.187. The van der Waals surface area contributed by atoms with Gasteiger partial charge in [0.2, 0.25) is 0 Å². The summed E-state index contributed by atoms with van der Waals surface area (Å²) in [5.41, 5.74) is 5.66. The van der Waals surface area contributed by atoms with Gasteiger partial charge in [-0.3, -0.25) is 0 Å². The van der Waals surface area contributed by atoms with Gasteiger partial charge < -0.3 is 15.4 Å². The molecule has 12 heavy (non-hydrogen) atoms. The van der Waals surface area contributed by atoms with Gasteiger partial charge >= 0.3 is 0 Å². The summed E-state index contributed by atoms with van der Waals surface area (Å²) in [5, 5.41) is 17.7. The highest BCUT2D eigenvalue weighted by Crippen LogP contribution is 2.24. The molecule has 62 valence electrons.